The van der Waals surface area contributed by atoms with E-state index in [4.69, 9.17) is 14.2 Å². The Balaban J connectivity index is 1.41. The standard InChI is InChI=1S/C12H13BrO3/c13-8-1-3-9(4-2-8)15-7-12-11(16-12)5-10-6-14-10/h1-4,10-12H,5-7H2. The van der Waals surface area contributed by atoms with Crippen molar-refractivity contribution in [3.63, 3.8) is 0 Å². The minimum atomic E-state index is 0.257. The first kappa shape index (κ1) is 10.6. The van der Waals surface area contributed by atoms with Gasteiger partial charge in [-0.1, -0.05) is 15.9 Å². The van der Waals surface area contributed by atoms with Crippen LogP contribution in [-0.2, 0) is 9.47 Å². The lowest BCUT2D eigenvalue weighted by Gasteiger charge is -2.03. The SMILES string of the molecule is Brc1ccc(OCC2OC2CC2CO2)cc1. The third kappa shape index (κ3) is 2.75. The molecule has 1 aromatic rings. The van der Waals surface area contributed by atoms with E-state index in [-0.39, 0.29) is 6.10 Å². The Morgan fingerprint density at radius 2 is 2.00 bits per heavy atom. The first-order chi connectivity index (χ1) is 7.81. The van der Waals surface area contributed by atoms with Crippen molar-refractivity contribution >= 4 is 15.9 Å². The molecule has 2 saturated heterocycles. The van der Waals surface area contributed by atoms with Crippen LogP contribution in [0.5, 0.6) is 5.75 Å². The number of benzene rings is 1. The van der Waals surface area contributed by atoms with Gasteiger partial charge in [-0.05, 0) is 24.3 Å². The zero-order valence-corrected chi connectivity index (χ0v) is 10.4. The summed E-state index contributed by atoms with van der Waals surface area (Å²) >= 11 is 3.39. The molecule has 3 rings (SSSR count). The van der Waals surface area contributed by atoms with Crippen LogP contribution < -0.4 is 4.74 Å². The van der Waals surface area contributed by atoms with Crippen LogP contribution in [-0.4, -0.2) is 31.5 Å². The highest BCUT2D eigenvalue weighted by Crippen LogP contribution is 2.31. The molecule has 1 aromatic carbocycles. The van der Waals surface area contributed by atoms with Crippen LogP contribution in [0.25, 0.3) is 0 Å². The van der Waals surface area contributed by atoms with Crippen molar-refractivity contribution in [2.45, 2.75) is 24.7 Å². The number of halogens is 1. The van der Waals surface area contributed by atoms with Crippen LogP contribution in [0.4, 0.5) is 0 Å². The van der Waals surface area contributed by atoms with Gasteiger partial charge in [-0.2, -0.15) is 0 Å². The van der Waals surface area contributed by atoms with Gasteiger partial charge in [-0.3, -0.25) is 0 Å². The van der Waals surface area contributed by atoms with E-state index >= 15 is 0 Å². The molecule has 0 aliphatic carbocycles. The Labute approximate surface area is 103 Å². The Kier molecular flexibility index (Phi) is 2.88. The molecule has 2 heterocycles. The van der Waals surface area contributed by atoms with Gasteiger partial charge in [0.2, 0.25) is 0 Å². The van der Waals surface area contributed by atoms with E-state index in [1.54, 1.807) is 0 Å². The highest BCUT2D eigenvalue weighted by Gasteiger charge is 2.43. The molecule has 0 saturated carbocycles. The molecule has 0 spiro atoms. The van der Waals surface area contributed by atoms with Crippen molar-refractivity contribution in [2.75, 3.05) is 13.2 Å². The summed E-state index contributed by atoms with van der Waals surface area (Å²) in [5.41, 5.74) is 0. The summed E-state index contributed by atoms with van der Waals surface area (Å²) in [6.07, 6.45) is 2.08. The van der Waals surface area contributed by atoms with Gasteiger partial charge in [0.25, 0.3) is 0 Å². The molecule has 0 amide bonds. The third-order valence-corrected chi connectivity index (χ3v) is 3.34. The Hall–Kier alpha value is -0.580. The number of epoxide rings is 2. The summed E-state index contributed by atoms with van der Waals surface area (Å²) < 4.78 is 17.3. The fourth-order valence-corrected chi connectivity index (χ4v) is 1.97. The van der Waals surface area contributed by atoms with Gasteiger partial charge in [-0.15, -0.1) is 0 Å². The van der Waals surface area contributed by atoms with Crippen molar-refractivity contribution in [1.82, 2.24) is 0 Å². The van der Waals surface area contributed by atoms with Crippen LogP contribution in [0, 0.1) is 0 Å². The molecular formula is C12H13BrO3. The average molecular weight is 285 g/mol. The molecule has 3 unspecified atom stereocenters. The second kappa shape index (κ2) is 4.35. The van der Waals surface area contributed by atoms with Crippen LogP contribution in [0.1, 0.15) is 6.42 Å². The predicted octanol–water partition coefficient (Wildman–Crippen LogP) is 2.38. The Bertz CT molecular complexity index is 361. The van der Waals surface area contributed by atoms with Gasteiger partial charge in [0.1, 0.15) is 18.5 Å². The van der Waals surface area contributed by atoms with Crippen molar-refractivity contribution in [1.29, 1.82) is 0 Å². The number of hydrogen-bond acceptors (Lipinski definition) is 3. The van der Waals surface area contributed by atoms with Crippen LogP contribution in [0.2, 0.25) is 0 Å². The first-order valence-corrected chi connectivity index (χ1v) is 6.26. The van der Waals surface area contributed by atoms with E-state index in [1.807, 2.05) is 24.3 Å². The first-order valence-electron chi connectivity index (χ1n) is 5.47. The largest absolute Gasteiger partial charge is 0.491 e. The predicted molar refractivity (Wildman–Crippen MR) is 62.7 cm³/mol. The Morgan fingerprint density at radius 3 is 2.69 bits per heavy atom. The zero-order valence-electron chi connectivity index (χ0n) is 8.77. The van der Waals surface area contributed by atoms with E-state index in [9.17, 15) is 0 Å². The molecule has 3 atom stereocenters. The minimum absolute atomic E-state index is 0.257. The summed E-state index contributed by atoms with van der Waals surface area (Å²) in [6.45, 7) is 1.54. The number of hydrogen-bond donors (Lipinski definition) is 0. The highest BCUT2D eigenvalue weighted by molar-refractivity contribution is 9.10. The summed E-state index contributed by atoms with van der Waals surface area (Å²) in [7, 11) is 0. The maximum Gasteiger partial charge on any atom is 0.119 e. The summed E-state index contributed by atoms with van der Waals surface area (Å²) in [4.78, 5) is 0. The van der Waals surface area contributed by atoms with Crippen molar-refractivity contribution in [3.8, 4) is 5.75 Å². The van der Waals surface area contributed by atoms with E-state index in [0.29, 0.717) is 18.8 Å². The van der Waals surface area contributed by atoms with Crippen LogP contribution in [0.3, 0.4) is 0 Å². The average Bonchev–Trinajstić information content (AvgIpc) is 3.17. The monoisotopic (exact) mass is 284 g/mol. The lowest BCUT2D eigenvalue weighted by Crippen LogP contribution is -2.08. The quantitative estimate of drug-likeness (QED) is 0.779. The topological polar surface area (TPSA) is 34.3 Å². The smallest absolute Gasteiger partial charge is 0.119 e. The number of rotatable bonds is 5. The highest BCUT2D eigenvalue weighted by atomic mass is 79.9. The van der Waals surface area contributed by atoms with Crippen molar-refractivity contribution in [3.05, 3.63) is 28.7 Å². The Morgan fingerprint density at radius 1 is 1.25 bits per heavy atom. The summed E-state index contributed by atoms with van der Waals surface area (Å²) in [5, 5.41) is 0. The molecule has 3 nitrogen and oxygen atoms in total. The fourth-order valence-electron chi connectivity index (χ4n) is 1.71. The number of ether oxygens (including phenoxy) is 3. The second-order valence-corrected chi connectivity index (χ2v) is 5.08. The second-order valence-electron chi connectivity index (χ2n) is 4.17. The van der Waals surface area contributed by atoms with Crippen LogP contribution >= 0.6 is 15.9 Å². The molecule has 2 fully saturated rings. The molecule has 2 aliphatic heterocycles. The van der Waals surface area contributed by atoms with Crippen molar-refractivity contribution in [2.24, 2.45) is 0 Å². The van der Waals surface area contributed by atoms with Gasteiger partial charge in [0.05, 0.1) is 18.8 Å². The maximum absolute atomic E-state index is 5.63. The van der Waals surface area contributed by atoms with E-state index < -0.39 is 0 Å². The van der Waals surface area contributed by atoms with Gasteiger partial charge in [0, 0.05) is 10.9 Å². The normalized spacial score (nSPS) is 31.2. The van der Waals surface area contributed by atoms with E-state index in [1.165, 1.54) is 0 Å². The molecule has 16 heavy (non-hydrogen) atoms. The van der Waals surface area contributed by atoms with Gasteiger partial charge >= 0.3 is 0 Å². The molecule has 2 aliphatic rings. The lowest BCUT2D eigenvalue weighted by molar-refractivity contribution is 0.258. The van der Waals surface area contributed by atoms with Crippen LogP contribution in [0.15, 0.2) is 28.7 Å². The van der Waals surface area contributed by atoms with Gasteiger partial charge in [0.15, 0.2) is 0 Å². The molecular weight excluding hydrogens is 272 g/mol. The van der Waals surface area contributed by atoms with Gasteiger partial charge < -0.3 is 14.2 Å². The lowest BCUT2D eigenvalue weighted by atomic mass is 10.2. The van der Waals surface area contributed by atoms with E-state index in [0.717, 1.165) is 23.2 Å². The maximum atomic E-state index is 5.63. The molecule has 0 bridgehead atoms. The summed E-state index contributed by atoms with van der Waals surface area (Å²) in [5.74, 6) is 0.889. The molecule has 0 radical (unpaired) electrons. The molecule has 0 aromatic heterocycles. The molecule has 0 N–H and O–H groups in total. The van der Waals surface area contributed by atoms with Gasteiger partial charge in [-0.25, -0.2) is 0 Å². The fraction of sp³-hybridized carbons (Fsp3) is 0.500. The molecule has 4 heteroatoms. The molecule has 86 valence electrons. The summed E-state index contributed by atoms with van der Waals surface area (Å²) in [6, 6.07) is 7.84. The van der Waals surface area contributed by atoms with Crippen molar-refractivity contribution < 1.29 is 14.2 Å². The van der Waals surface area contributed by atoms with E-state index in [2.05, 4.69) is 15.9 Å². The minimum Gasteiger partial charge on any atom is -0.491 e. The third-order valence-electron chi connectivity index (χ3n) is 2.81. The zero-order chi connectivity index (χ0) is 11.0.